The average molecular weight is 430 g/mol. The van der Waals surface area contributed by atoms with Crippen LogP contribution in [0.15, 0.2) is 84.0 Å². The van der Waals surface area contributed by atoms with Gasteiger partial charge in [0.15, 0.2) is 16.8 Å². The van der Waals surface area contributed by atoms with E-state index in [2.05, 4.69) is 17.1 Å². The van der Waals surface area contributed by atoms with Crippen molar-refractivity contribution < 1.29 is 9.53 Å². The van der Waals surface area contributed by atoms with Crippen molar-refractivity contribution in [2.75, 3.05) is 12.9 Å². The lowest BCUT2D eigenvalue weighted by Gasteiger charge is -2.10. The minimum Gasteiger partial charge on any atom is -0.497 e. The molecule has 0 amide bonds. The summed E-state index contributed by atoms with van der Waals surface area (Å²) in [7, 11) is 1.64. The Morgan fingerprint density at radius 2 is 1.65 bits per heavy atom. The number of para-hydroxylation sites is 1. The maximum absolute atomic E-state index is 12.7. The van der Waals surface area contributed by atoms with Gasteiger partial charge in [0.1, 0.15) is 5.75 Å². The molecule has 5 nitrogen and oxygen atoms in total. The summed E-state index contributed by atoms with van der Waals surface area (Å²) >= 11 is 1.39. The minimum absolute atomic E-state index is 0.0706. The number of Topliss-reactive ketones (excluding diaryl/α,β-unsaturated/α-hetero) is 1. The first-order valence-corrected chi connectivity index (χ1v) is 11.1. The zero-order valence-corrected chi connectivity index (χ0v) is 18.3. The topological polar surface area (TPSA) is 57.0 Å². The molecule has 1 heterocycles. The fourth-order valence-corrected chi connectivity index (χ4v) is 4.09. The molecule has 0 bridgehead atoms. The van der Waals surface area contributed by atoms with Crippen LogP contribution in [0.4, 0.5) is 0 Å². The predicted molar refractivity (Wildman–Crippen MR) is 124 cm³/mol. The van der Waals surface area contributed by atoms with Crippen LogP contribution in [-0.2, 0) is 6.42 Å². The first-order chi connectivity index (χ1) is 15.2. The molecule has 0 aliphatic heterocycles. The third kappa shape index (κ3) is 4.70. The number of aromatic nitrogens is 3. The summed E-state index contributed by atoms with van der Waals surface area (Å²) in [6.07, 6.45) is 0.956. The summed E-state index contributed by atoms with van der Waals surface area (Å²) in [5.41, 5.74) is 3.80. The van der Waals surface area contributed by atoms with Gasteiger partial charge in [-0.05, 0) is 48.4 Å². The van der Waals surface area contributed by atoms with Gasteiger partial charge in [0.2, 0.25) is 0 Å². The average Bonchev–Trinajstić information content (AvgIpc) is 3.27. The van der Waals surface area contributed by atoms with Gasteiger partial charge in [-0.15, -0.1) is 10.2 Å². The van der Waals surface area contributed by atoms with Crippen molar-refractivity contribution in [3.05, 3.63) is 90.0 Å². The molecule has 31 heavy (non-hydrogen) atoms. The quantitative estimate of drug-likeness (QED) is 0.274. The first-order valence-electron chi connectivity index (χ1n) is 10.1. The molecule has 0 spiro atoms. The van der Waals surface area contributed by atoms with E-state index in [4.69, 9.17) is 4.74 Å². The smallest absolute Gasteiger partial charge is 0.196 e. The van der Waals surface area contributed by atoms with Crippen LogP contribution in [0.2, 0.25) is 0 Å². The van der Waals surface area contributed by atoms with Gasteiger partial charge in [-0.1, -0.05) is 61.2 Å². The number of methoxy groups -OCH3 is 1. The van der Waals surface area contributed by atoms with Crippen molar-refractivity contribution in [1.82, 2.24) is 14.8 Å². The lowest BCUT2D eigenvalue weighted by Crippen LogP contribution is -2.05. The number of ether oxygens (including phenoxy) is 1. The molecule has 3 aromatic carbocycles. The Balaban J connectivity index is 1.62. The molecular weight excluding hydrogens is 406 g/mol. The highest BCUT2D eigenvalue weighted by molar-refractivity contribution is 7.99. The van der Waals surface area contributed by atoms with E-state index in [1.165, 1.54) is 17.3 Å². The van der Waals surface area contributed by atoms with Crippen LogP contribution in [0.5, 0.6) is 5.75 Å². The number of ketones is 1. The van der Waals surface area contributed by atoms with Crippen LogP contribution in [-0.4, -0.2) is 33.4 Å². The summed E-state index contributed by atoms with van der Waals surface area (Å²) in [5, 5.41) is 9.51. The molecule has 0 unspecified atom stereocenters. The van der Waals surface area contributed by atoms with Gasteiger partial charge < -0.3 is 4.74 Å². The fourth-order valence-electron chi connectivity index (χ4n) is 3.24. The van der Waals surface area contributed by atoms with Crippen molar-refractivity contribution >= 4 is 17.5 Å². The van der Waals surface area contributed by atoms with Crippen molar-refractivity contribution in [3.63, 3.8) is 0 Å². The molecule has 0 radical (unpaired) electrons. The number of thioether (sulfide) groups is 1. The molecule has 0 saturated carbocycles. The minimum atomic E-state index is 0.0706. The zero-order chi connectivity index (χ0) is 21.6. The molecule has 6 heteroatoms. The lowest BCUT2D eigenvalue weighted by molar-refractivity contribution is 0.102. The molecule has 0 fully saturated rings. The van der Waals surface area contributed by atoms with Gasteiger partial charge >= 0.3 is 0 Å². The predicted octanol–water partition coefficient (Wildman–Crippen LogP) is 5.48. The molecular formula is C25H23N3O2S. The second-order valence-corrected chi connectivity index (χ2v) is 7.91. The number of nitrogens with zero attached hydrogens (tertiary/aromatic N) is 3. The third-order valence-corrected chi connectivity index (χ3v) is 5.94. The number of hydrogen-bond donors (Lipinski definition) is 0. The number of rotatable bonds is 8. The molecule has 1 aromatic heterocycles. The Morgan fingerprint density at radius 3 is 2.29 bits per heavy atom. The maximum atomic E-state index is 12.7. The van der Waals surface area contributed by atoms with Gasteiger partial charge in [-0.2, -0.15) is 0 Å². The van der Waals surface area contributed by atoms with Gasteiger partial charge in [-0.25, -0.2) is 0 Å². The number of benzene rings is 3. The molecule has 0 aliphatic rings. The van der Waals surface area contributed by atoms with E-state index < -0.39 is 0 Å². The van der Waals surface area contributed by atoms with E-state index in [0.717, 1.165) is 29.2 Å². The van der Waals surface area contributed by atoms with Crippen molar-refractivity contribution in [2.45, 2.75) is 18.5 Å². The number of hydrogen-bond acceptors (Lipinski definition) is 5. The lowest BCUT2D eigenvalue weighted by atomic mass is 10.1. The van der Waals surface area contributed by atoms with E-state index in [9.17, 15) is 4.79 Å². The maximum Gasteiger partial charge on any atom is 0.196 e. The summed E-state index contributed by atoms with van der Waals surface area (Å²) in [5.74, 6) is 1.86. The number of aryl methyl sites for hydroxylation is 1. The molecule has 156 valence electrons. The summed E-state index contributed by atoms with van der Waals surface area (Å²) in [4.78, 5) is 12.7. The van der Waals surface area contributed by atoms with E-state index in [0.29, 0.717) is 16.5 Å². The standard InChI is InChI=1S/C25H23N3O2S/c1-3-18-9-11-19(12-10-18)23(29)17-31-25-27-26-24(20-13-15-22(30-2)16-14-20)28(25)21-7-5-4-6-8-21/h4-16H,3,17H2,1-2H3. The van der Waals surface area contributed by atoms with Crippen molar-refractivity contribution in [1.29, 1.82) is 0 Å². The van der Waals surface area contributed by atoms with Crippen LogP contribution >= 0.6 is 11.8 Å². The Kier molecular flexibility index (Phi) is 6.48. The van der Waals surface area contributed by atoms with E-state index in [-0.39, 0.29) is 5.78 Å². The Morgan fingerprint density at radius 1 is 0.935 bits per heavy atom. The Bertz CT molecular complexity index is 1150. The molecule has 4 aromatic rings. The number of carbonyl (C=O) groups is 1. The molecule has 0 atom stereocenters. The third-order valence-electron chi connectivity index (χ3n) is 5.01. The van der Waals surface area contributed by atoms with Gasteiger partial charge in [0.25, 0.3) is 0 Å². The van der Waals surface area contributed by atoms with Crippen LogP contribution in [0.3, 0.4) is 0 Å². The highest BCUT2D eigenvalue weighted by atomic mass is 32.2. The van der Waals surface area contributed by atoms with Crippen LogP contribution < -0.4 is 4.74 Å². The van der Waals surface area contributed by atoms with Gasteiger partial charge in [0, 0.05) is 16.8 Å². The van der Waals surface area contributed by atoms with Crippen LogP contribution in [0, 0.1) is 0 Å². The highest BCUT2D eigenvalue weighted by Gasteiger charge is 2.18. The zero-order valence-electron chi connectivity index (χ0n) is 17.5. The largest absolute Gasteiger partial charge is 0.497 e. The van der Waals surface area contributed by atoms with Crippen LogP contribution in [0.25, 0.3) is 17.1 Å². The first kappa shape index (κ1) is 20.9. The Hall–Kier alpha value is -3.38. The van der Waals surface area contributed by atoms with Crippen molar-refractivity contribution in [2.24, 2.45) is 0 Å². The van der Waals surface area contributed by atoms with Gasteiger partial charge in [-0.3, -0.25) is 9.36 Å². The molecule has 0 N–H and O–H groups in total. The van der Waals surface area contributed by atoms with E-state index in [1.54, 1.807) is 7.11 Å². The molecule has 0 saturated heterocycles. The highest BCUT2D eigenvalue weighted by Crippen LogP contribution is 2.29. The SMILES string of the molecule is CCc1ccc(C(=O)CSc2nnc(-c3ccc(OC)cc3)n2-c2ccccc2)cc1. The second-order valence-electron chi connectivity index (χ2n) is 6.97. The van der Waals surface area contributed by atoms with E-state index in [1.807, 2.05) is 83.4 Å². The second kappa shape index (κ2) is 9.62. The summed E-state index contributed by atoms with van der Waals surface area (Å²) in [6.45, 7) is 2.10. The normalized spacial score (nSPS) is 10.8. The molecule has 4 rings (SSSR count). The summed E-state index contributed by atoms with van der Waals surface area (Å²) < 4.78 is 7.25. The van der Waals surface area contributed by atoms with Crippen molar-refractivity contribution in [3.8, 4) is 22.8 Å². The fraction of sp³-hybridized carbons (Fsp3) is 0.160. The monoisotopic (exact) mass is 429 g/mol. The Labute approximate surface area is 186 Å². The van der Waals surface area contributed by atoms with E-state index >= 15 is 0 Å². The molecule has 0 aliphatic carbocycles. The van der Waals surface area contributed by atoms with Crippen LogP contribution in [0.1, 0.15) is 22.8 Å². The summed E-state index contributed by atoms with van der Waals surface area (Å²) in [6, 6.07) is 25.4. The van der Waals surface area contributed by atoms with Gasteiger partial charge in [0.05, 0.1) is 12.9 Å². The number of carbonyl (C=O) groups excluding carboxylic acids is 1.